The summed E-state index contributed by atoms with van der Waals surface area (Å²) in [6.45, 7) is 1.58. The van der Waals surface area contributed by atoms with Crippen molar-refractivity contribution >= 4 is 23.4 Å². The molecule has 34 heavy (non-hydrogen) atoms. The Morgan fingerprint density at radius 3 is 1.68 bits per heavy atom. The summed E-state index contributed by atoms with van der Waals surface area (Å²) >= 11 is 0. The smallest absolute Gasteiger partial charge is 0.319 e. The molecule has 1 fully saturated rings. The van der Waals surface area contributed by atoms with E-state index in [0.29, 0.717) is 59.3 Å². The molecule has 1 aliphatic carbocycles. The van der Waals surface area contributed by atoms with Crippen LogP contribution in [0.4, 0.5) is 21.0 Å². The zero-order valence-electron chi connectivity index (χ0n) is 18.7. The maximum absolute atomic E-state index is 12.3. The lowest BCUT2D eigenvalue weighted by Crippen LogP contribution is -2.38. The second kappa shape index (κ2) is 9.98. The predicted octanol–water partition coefficient (Wildman–Crippen LogP) is 3.89. The SMILES string of the molecule is O=C(NC[C@H]1CCC[C@@H](CNC(=O)Nc2ccc3c(c2)OCO3)C1)Nc1ccc2c(c1)OCO2. The van der Waals surface area contributed by atoms with Crippen molar-refractivity contribution in [1.82, 2.24) is 10.6 Å². The molecule has 0 spiro atoms. The van der Waals surface area contributed by atoms with Crippen LogP contribution in [0.1, 0.15) is 25.7 Å². The Morgan fingerprint density at radius 1 is 0.706 bits per heavy atom. The molecule has 2 aromatic carbocycles. The molecule has 10 nitrogen and oxygen atoms in total. The zero-order valence-corrected chi connectivity index (χ0v) is 18.7. The number of nitrogens with one attached hydrogen (secondary N) is 4. The number of anilines is 2. The summed E-state index contributed by atoms with van der Waals surface area (Å²) in [6.07, 6.45) is 4.15. The van der Waals surface area contributed by atoms with Gasteiger partial charge in [0.15, 0.2) is 23.0 Å². The van der Waals surface area contributed by atoms with E-state index in [0.717, 1.165) is 25.7 Å². The van der Waals surface area contributed by atoms with E-state index in [1.807, 2.05) is 0 Å². The normalized spacial score (nSPS) is 19.9. The van der Waals surface area contributed by atoms with Gasteiger partial charge in [0.25, 0.3) is 0 Å². The number of rotatable bonds is 6. The average Bonchev–Trinajstić information content (AvgIpc) is 3.50. The van der Waals surface area contributed by atoms with Crippen molar-refractivity contribution < 1.29 is 28.5 Å². The summed E-state index contributed by atoms with van der Waals surface area (Å²) in [7, 11) is 0. The van der Waals surface area contributed by atoms with Gasteiger partial charge in [0.1, 0.15) is 0 Å². The molecule has 2 atom stereocenters. The van der Waals surface area contributed by atoms with Gasteiger partial charge in [-0.25, -0.2) is 9.59 Å². The van der Waals surface area contributed by atoms with E-state index in [9.17, 15) is 9.59 Å². The molecule has 2 aromatic rings. The Balaban J connectivity index is 1.02. The van der Waals surface area contributed by atoms with Gasteiger partial charge in [0.05, 0.1) is 0 Å². The molecular weight excluding hydrogens is 440 g/mol. The Kier molecular flexibility index (Phi) is 6.46. The Labute approximate surface area is 197 Å². The number of hydrogen-bond acceptors (Lipinski definition) is 6. The summed E-state index contributed by atoms with van der Waals surface area (Å²) in [5.41, 5.74) is 1.31. The second-order valence-corrected chi connectivity index (χ2v) is 8.70. The fraction of sp³-hybridized carbons (Fsp3) is 0.417. The highest BCUT2D eigenvalue weighted by Crippen LogP contribution is 2.35. The molecule has 1 saturated carbocycles. The fourth-order valence-corrected chi connectivity index (χ4v) is 4.55. The lowest BCUT2D eigenvalue weighted by Gasteiger charge is -2.29. The zero-order chi connectivity index (χ0) is 23.3. The molecule has 0 unspecified atom stereocenters. The minimum atomic E-state index is -0.248. The average molecular weight is 469 g/mol. The van der Waals surface area contributed by atoms with Gasteiger partial charge in [-0.05, 0) is 55.4 Å². The summed E-state index contributed by atoms with van der Waals surface area (Å²) < 4.78 is 21.2. The van der Waals surface area contributed by atoms with Crippen LogP contribution in [0.2, 0.25) is 0 Å². The largest absolute Gasteiger partial charge is 0.454 e. The number of urea groups is 2. The second-order valence-electron chi connectivity index (χ2n) is 8.70. The first-order valence-corrected chi connectivity index (χ1v) is 11.5. The summed E-state index contributed by atoms with van der Waals surface area (Å²) in [5.74, 6) is 3.36. The number of carbonyl (C=O) groups is 2. The minimum absolute atomic E-state index is 0.197. The van der Waals surface area contributed by atoms with Crippen molar-refractivity contribution in [3.8, 4) is 23.0 Å². The first kappa shape index (κ1) is 22.0. The number of amides is 4. The topological polar surface area (TPSA) is 119 Å². The maximum Gasteiger partial charge on any atom is 0.319 e. The molecule has 5 rings (SSSR count). The predicted molar refractivity (Wildman–Crippen MR) is 125 cm³/mol. The van der Waals surface area contributed by atoms with E-state index in [1.165, 1.54) is 0 Å². The molecule has 0 radical (unpaired) electrons. The van der Waals surface area contributed by atoms with Gasteiger partial charge in [-0.1, -0.05) is 6.42 Å². The molecular formula is C24H28N4O6. The monoisotopic (exact) mass is 468 g/mol. The molecule has 0 bridgehead atoms. The summed E-state index contributed by atoms with van der Waals surface area (Å²) in [4.78, 5) is 24.6. The lowest BCUT2D eigenvalue weighted by molar-refractivity contribution is 0.173. The van der Waals surface area contributed by atoms with Crippen LogP contribution in [0.5, 0.6) is 23.0 Å². The van der Waals surface area contributed by atoms with Crippen LogP contribution in [-0.4, -0.2) is 38.7 Å². The third-order valence-electron chi connectivity index (χ3n) is 6.25. The highest BCUT2D eigenvalue weighted by molar-refractivity contribution is 5.90. The van der Waals surface area contributed by atoms with Gasteiger partial charge in [-0.3, -0.25) is 0 Å². The number of hydrogen-bond donors (Lipinski definition) is 4. The van der Waals surface area contributed by atoms with Crippen molar-refractivity contribution in [1.29, 1.82) is 0 Å². The molecule has 180 valence electrons. The van der Waals surface area contributed by atoms with Crippen molar-refractivity contribution in [2.24, 2.45) is 11.8 Å². The molecule has 2 heterocycles. The molecule has 0 saturated heterocycles. The fourth-order valence-electron chi connectivity index (χ4n) is 4.55. The molecule has 10 heteroatoms. The Morgan fingerprint density at radius 2 is 1.18 bits per heavy atom. The lowest BCUT2D eigenvalue weighted by atomic mass is 9.81. The molecule has 2 aliphatic heterocycles. The highest BCUT2D eigenvalue weighted by atomic mass is 16.7. The number of benzene rings is 2. The number of carbonyl (C=O) groups excluding carboxylic acids is 2. The third kappa shape index (κ3) is 5.38. The van der Waals surface area contributed by atoms with Crippen LogP contribution in [-0.2, 0) is 0 Å². The van der Waals surface area contributed by atoms with E-state index in [1.54, 1.807) is 36.4 Å². The molecule has 3 aliphatic rings. The van der Waals surface area contributed by atoms with Crippen LogP contribution in [0.3, 0.4) is 0 Å². The summed E-state index contributed by atoms with van der Waals surface area (Å²) in [5, 5.41) is 11.6. The third-order valence-corrected chi connectivity index (χ3v) is 6.25. The number of ether oxygens (including phenoxy) is 4. The van der Waals surface area contributed by atoms with E-state index in [-0.39, 0.29) is 25.6 Å². The molecule has 0 aromatic heterocycles. The molecule has 4 amide bonds. The van der Waals surface area contributed by atoms with Gasteiger partial charge in [-0.15, -0.1) is 0 Å². The van der Waals surface area contributed by atoms with Crippen molar-refractivity contribution in [2.75, 3.05) is 37.3 Å². The van der Waals surface area contributed by atoms with E-state index in [4.69, 9.17) is 18.9 Å². The van der Waals surface area contributed by atoms with Crippen LogP contribution in [0.25, 0.3) is 0 Å². The standard InChI is InChI=1S/C24H28N4O6/c29-23(27-17-4-6-19-21(9-17)33-13-31-19)25-11-15-2-1-3-16(8-15)12-26-24(30)28-18-5-7-20-22(10-18)34-14-32-20/h4-7,9-10,15-16H,1-3,8,11-14H2,(H2,25,27,29)(H2,26,28,30)/t15-,16+. The van der Waals surface area contributed by atoms with Crippen molar-refractivity contribution in [2.45, 2.75) is 25.7 Å². The van der Waals surface area contributed by atoms with Crippen LogP contribution in [0, 0.1) is 11.8 Å². The van der Waals surface area contributed by atoms with Crippen LogP contribution in [0.15, 0.2) is 36.4 Å². The quantitative estimate of drug-likeness (QED) is 0.511. The van der Waals surface area contributed by atoms with Crippen molar-refractivity contribution in [3.05, 3.63) is 36.4 Å². The van der Waals surface area contributed by atoms with E-state index < -0.39 is 0 Å². The first-order valence-electron chi connectivity index (χ1n) is 11.5. The summed E-state index contributed by atoms with van der Waals surface area (Å²) in [6, 6.07) is 10.1. The highest BCUT2D eigenvalue weighted by Gasteiger charge is 2.23. The number of fused-ring (bicyclic) bond motifs is 2. The Bertz CT molecular complexity index is 980. The molecule has 4 N–H and O–H groups in total. The Hall–Kier alpha value is -3.82. The van der Waals surface area contributed by atoms with Crippen LogP contribution >= 0.6 is 0 Å². The van der Waals surface area contributed by atoms with Gasteiger partial charge in [0, 0.05) is 36.6 Å². The first-order chi connectivity index (χ1) is 16.6. The van der Waals surface area contributed by atoms with Crippen molar-refractivity contribution in [3.63, 3.8) is 0 Å². The van der Waals surface area contributed by atoms with Gasteiger partial charge >= 0.3 is 12.1 Å². The van der Waals surface area contributed by atoms with Gasteiger partial charge < -0.3 is 40.2 Å². The van der Waals surface area contributed by atoms with Gasteiger partial charge in [-0.2, -0.15) is 0 Å². The minimum Gasteiger partial charge on any atom is -0.454 e. The van der Waals surface area contributed by atoms with E-state index >= 15 is 0 Å². The van der Waals surface area contributed by atoms with Crippen LogP contribution < -0.4 is 40.2 Å². The van der Waals surface area contributed by atoms with Gasteiger partial charge in [0.2, 0.25) is 13.6 Å². The maximum atomic E-state index is 12.3. The van der Waals surface area contributed by atoms with E-state index in [2.05, 4.69) is 21.3 Å².